The Kier molecular flexibility index (Phi) is 5.58. The van der Waals surface area contributed by atoms with E-state index >= 15 is 0 Å². The van der Waals surface area contributed by atoms with Crippen LogP contribution >= 0.6 is 15.9 Å². The van der Waals surface area contributed by atoms with Crippen LogP contribution < -0.4 is 9.47 Å². The molecule has 0 aliphatic carbocycles. The summed E-state index contributed by atoms with van der Waals surface area (Å²) in [6.07, 6.45) is 2.69. The van der Waals surface area contributed by atoms with Crippen LogP contribution in [-0.4, -0.2) is 41.5 Å². The summed E-state index contributed by atoms with van der Waals surface area (Å²) in [5, 5.41) is 7.48. The number of nitrogens with zero attached hydrogens (tertiary/aromatic N) is 3. The van der Waals surface area contributed by atoms with Gasteiger partial charge in [-0.25, -0.2) is 5.01 Å². The van der Waals surface area contributed by atoms with E-state index in [4.69, 9.17) is 14.6 Å². The molecule has 1 atom stereocenters. The van der Waals surface area contributed by atoms with Crippen molar-refractivity contribution in [1.82, 2.24) is 9.91 Å². The highest BCUT2D eigenvalue weighted by molar-refractivity contribution is 9.10. The average Bonchev–Trinajstić information content (AvgIpc) is 3.34. The van der Waals surface area contributed by atoms with Crippen LogP contribution in [0.25, 0.3) is 0 Å². The molecule has 0 N–H and O–H groups in total. The Labute approximate surface area is 209 Å². The Hall–Kier alpha value is -2.83. The van der Waals surface area contributed by atoms with Crippen LogP contribution in [0.1, 0.15) is 42.0 Å². The van der Waals surface area contributed by atoms with Crippen molar-refractivity contribution < 1.29 is 9.47 Å². The zero-order valence-corrected chi connectivity index (χ0v) is 20.9. The van der Waals surface area contributed by atoms with E-state index < -0.39 is 5.72 Å². The summed E-state index contributed by atoms with van der Waals surface area (Å²) in [6, 6.07) is 25.5. The second-order valence-electron chi connectivity index (χ2n) is 9.34. The molecule has 0 saturated carbocycles. The maximum Gasteiger partial charge on any atom is 0.200 e. The second kappa shape index (κ2) is 8.75. The van der Waals surface area contributed by atoms with E-state index in [0.29, 0.717) is 0 Å². The van der Waals surface area contributed by atoms with Gasteiger partial charge in [-0.2, -0.15) is 5.10 Å². The van der Waals surface area contributed by atoms with Gasteiger partial charge in [0.1, 0.15) is 11.5 Å². The van der Waals surface area contributed by atoms with Gasteiger partial charge in [0.05, 0.1) is 18.9 Å². The van der Waals surface area contributed by atoms with Crippen molar-refractivity contribution in [2.24, 2.45) is 5.10 Å². The number of hydrazone groups is 1. The number of fused-ring (bicyclic) bond motifs is 4. The Morgan fingerprint density at radius 2 is 1.85 bits per heavy atom. The van der Waals surface area contributed by atoms with Gasteiger partial charge >= 0.3 is 0 Å². The average molecular weight is 518 g/mol. The monoisotopic (exact) mass is 517 g/mol. The maximum atomic E-state index is 6.80. The molecule has 3 heterocycles. The molecule has 3 aliphatic heterocycles. The van der Waals surface area contributed by atoms with Gasteiger partial charge in [0, 0.05) is 54.5 Å². The Bertz CT molecular complexity index is 1220. The third-order valence-corrected chi connectivity index (χ3v) is 7.74. The summed E-state index contributed by atoms with van der Waals surface area (Å²) >= 11 is 3.66. The summed E-state index contributed by atoms with van der Waals surface area (Å²) in [4.78, 5) is 2.53. The fraction of sp³-hybridized carbons (Fsp3) is 0.321. The van der Waals surface area contributed by atoms with E-state index in [-0.39, 0.29) is 6.04 Å². The van der Waals surface area contributed by atoms with Crippen LogP contribution in [0, 0.1) is 0 Å². The topological polar surface area (TPSA) is 37.3 Å². The lowest BCUT2D eigenvalue weighted by Gasteiger charge is -2.51. The number of hydrogen-bond acceptors (Lipinski definition) is 5. The molecule has 3 aromatic carbocycles. The molecule has 34 heavy (non-hydrogen) atoms. The van der Waals surface area contributed by atoms with E-state index in [1.165, 1.54) is 11.1 Å². The zero-order chi connectivity index (χ0) is 23.1. The van der Waals surface area contributed by atoms with Crippen LogP contribution in [-0.2, 0) is 6.54 Å². The van der Waals surface area contributed by atoms with Crippen LogP contribution in [0.4, 0.5) is 0 Å². The first kappa shape index (κ1) is 21.7. The van der Waals surface area contributed by atoms with E-state index in [1.54, 1.807) is 7.11 Å². The predicted octanol–water partition coefficient (Wildman–Crippen LogP) is 5.99. The molecule has 0 amide bonds. The number of piperidine rings is 1. The normalized spacial score (nSPS) is 20.9. The Balaban J connectivity index is 1.31. The number of ether oxygens (including phenoxy) is 2. The van der Waals surface area contributed by atoms with Gasteiger partial charge in [0.25, 0.3) is 0 Å². The van der Waals surface area contributed by atoms with Crippen molar-refractivity contribution >= 4 is 21.6 Å². The van der Waals surface area contributed by atoms with Gasteiger partial charge in [-0.05, 0) is 35.9 Å². The Morgan fingerprint density at radius 1 is 1.03 bits per heavy atom. The summed E-state index contributed by atoms with van der Waals surface area (Å²) in [6.45, 7) is 2.93. The van der Waals surface area contributed by atoms with Gasteiger partial charge < -0.3 is 9.47 Å². The summed E-state index contributed by atoms with van der Waals surface area (Å²) in [5.41, 5.74) is 4.34. The molecule has 6 rings (SSSR count). The highest BCUT2D eigenvalue weighted by Crippen LogP contribution is 2.50. The lowest BCUT2D eigenvalue weighted by molar-refractivity contribution is -0.150. The SMILES string of the molecule is COc1cccc(C2=NN3C(C2)c2cc(Br)ccc2OC32CCN(Cc3ccccc3)CC2)c1. The highest BCUT2D eigenvalue weighted by Gasteiger charge is 2.51. The molecule has 174 valence electrons. The fourth-order valence-corrected chi connectivity index (χ4v) is 5.84. The summed E-state index contributed by atoms with van der Waals surface area (Å²) < 4.78 is 13.3. The molecule has 1 spiro atoms. The number of hydrogen-bond donors (Lipinski definition) is 0. The number of likely N-dealkylation sites (tertiary alicyclic amines) is 1. The van der Waals surface area contributed by atoms with Crippen molar-refractivity contribution in [2.45, 2.75) is 37.6 Å². The van der Waals surface area contributed by atoms with E-state index in [2.05, 4.69) is 86.5 Å². The molecule has 0 bridgehead atoms. The van der Waals surface area contributed by atoms with E-state index in [0.717, 1.165) is 66.1 Å². The summed E-state index contributed by atoms with van der Waals surface area (Å²) in [5.74, 6) is 1.84. The lowest BCUT2D eigenvalue weighted by atomic mass is 9.90. The summed E-state index contributed by atoms with van der Waals surface area (Å²) in [7, 11) is 1.71. The zero-order valence-electron chi connectivity index (χ0n) is 19.3. The van der Waals surface area contributed by atoms with Crippen molar-refractivity contribution in [1.29, 1.82) is 0 Å². The fourth-order valence-electron chi connectivity index (χ4n) is 5.46. The van der Waals surface area contributed by atoms with Gasteiger partial charge in [-0.15, -0.1) is 0 Å². The molecule has 6 heteroatoms. The van der Waals surface area contributed by atoms with Gasteiger partial charge in [-0.3, -0.25) is 4.90 Å². The van der Waals surface area contributed by atoms with Crippen LogP contribution in [0.2, 0.25) is 0 Å². The number of benzene rings is 3. The third-order valence-electron chi connectivity index (χ3n) is 7.25. The van der Waals surface area contributed by atoms with Gasteiger partial charge in [-0.1, -0.05) is 58.4 Å². The van der Waals surface area contributed by atoms with Crippen LogP contribution in [0.3, 0.4) is 0 Å². The first-order chi connectivity index (χ1) is 16.6. The minimum absolute atomic E-state index is 0.170. The molecule has 1 saturated heterocycles. The molecule has 0 aromatic heterocycles. The smallest absolute Gasteiger partial charge is 0.200 e. The van der Waals surface area contributed by atoms with Crippen molar-refractivity contribution in [2.75, 3.05) is 20.2 Å². The van der Waals surface area contributed by atoms with Gasteiger partial charge in [0.15, 0.2) is 0 Å². The van der Waals surface area contributed by atoms with E-state index in [1.807, 2.05) is 12.1 Å². The standard InChI is InChI=1S/C28H28BrN3O2/c1-33-23-9-5-8-21(16-23)25-18-26-24-17-22(29)10-11-27(24)34-28(32(26)30-25)12-14-31(15-13-28)19-20-6-3-2-4-7-20/h2-11,16-17,26H,12-15,18-19H2,1H3. The van der Waals surface area contributed by atoms with Gasteiger partial charge in [0.2, 0.25) is 5.72 Å². The largest absolute Gasteiger partial charge is 0.497 e. The molecule has 0 radical (unpaired) electrons. The van der Waals surface area contributed by atoms with Crippen molar-refractivity contribution in [3.8, 4) is 11.5 Å². The minimum Gasteiger partial charge on any atom is -0.497 e. The first-order valence-electron chi connectivity index (χ1n) is 11.9. The molecule has 3 aliphatic rings. The van der Waals surface area contributed by atoms with Crippen molar-refractivity contribution in [3.63, 3.8) is 0 Å². The number of halogens is 1. The lowest BCUT2D eigenvalue weighted by Crippen LogP contribution is -2.59. The first-order valence-corrected chi connectivity index (χ1v) is 12.7. The molecular formula is C28H28BrN3O2. The molecule has 1 unspecified atom stereocenters. The molecule has 1 fully saturated rings. The van der Waals surface area contributed by atoms with E-state index in [9.17, 15) is 0 Å². The van der Waals surface area contributed by atoms with Crippen molar-refractivity contribution in [3.05, 3.63) is 94.0 Å². The quantitative estimate of drug-likeness (QED) is 0.425. The Morgan fingerprint density at radius 3 is 2.65 bits per heavy atom. The molecule has 5 nitrogen and oxygen atoms in total. The highest BCUT2D eigenvalue weighted by atomic mass is 79.9. The minimum atomic E-state index is -0.417. The van der Waals surface area contributed by atoms with Crippen LogP contribution in [0.15, 0.2) is 82.4 Å². The maximum absolute atomic E-state index is 6.80. The number of methoxy groups -OCH3 is 1. The molecular weight excluding hydrogens is 490 g/mol. The molecule has 3 aromatic rings. The van der Waals surface area contributed by atoms with Crippen LogP contribution in [0.5, 0.6) is 11.5 Å². The predicted molar refractivity (Wildman–Crippen MR) is 137 cm³/mol. The third kappa shape index (κ3) is 3.89. The number of rotatable bonds is 4. The second-order valence-corrected chi connectivity index (χ2v) is 10.3.